The predicted molar refractivity (Wildman–Crippen MR) is 67.7 cm³/mol. The van der Waals surface area contributed by atoms with E-state index in [4.69, 9.17) is 11.6 Å². The Labute approximate surface area is 112 Å². The molecule has 1 aromatic carbocycles. The fraction of sp³-hybridized carbons (Fsp3) is 0.273. The summed E-state index contributed by atoms with van der Waals surface area (Å²) in [5.74, 6) is -0.190. The lowest BCUT2D eigenvalue weighted by Gasteiger charge is -2.15. The molecule has 90 valence electrons. The number of nitrogens with zero attached hydrogens (tertiary/aromatic N) is 2. The van der Waals surface area contributed by atoms with Crippen molar-refractivity contribution in [1.29, 1.82) is 0 Å². The van der Waals surface area contributed by atoms with Crippen LogP contribution in [-0.2, 0) is 11.3 Å². The second-order valence-corrected chi connectivity index (χ2v) is 5.15. The number of hydrogen-bond acceptors (Lipinski definition) is 2. The van der Waals surface area contributed by atoms with Crippen LogP contribution in [0.3, 0.4) is 0 Å². The van der Waals surface area contributed by atoms with Crippen LogP contribution in [0.2, 0.25) is 5.02 Å². The standard InChI is InChI=1S/C11H10BrClN2O2/c1-14-6-10(16)15(11(14)17)5-7-4-8(13)2-3-9(7)12/h2-4H,5-6H2,1H3. The first kappa shape index (κ1) is 12.4. The molecule has 1 aliphatic rings. The van der Waals surface area contributed by atoms with Crippen molar-refractivity contribution in [3.63, 3.8) is 0 Å². The highest BCUT2D eigenvalue weighted by Gasteiger charge is 2.33. The summed E-state index contributed by atoms with van der Waals surface area (Å²) in [6.07, 6.45) is 0. The van der Waals surface area contributed by atoms with E-state index in [1.807, 2.05) is 0 Å². The molecule has 1 fully saturated rings. The Morgan fingerprint density at radius 2 is 2.12 bits per heavy atom. The summed E-state index contributed by atoms with van der Waals surface area (Å²) >= 11 is 9.26. The second kappa shape index (κ2) is 4.66. The van der Waals surface area contributed by atoms with Gasteiger partial charge in [0.1, 0.15) is 6.54 Å². The molecular formula is C11H10BrClN2O2. The SMILES string of the molecule is CN1CC(=O)N(Cc2cc(Cl)ccc2Br)C1=O. The lowest BCUT2D eigenvalue weighted by Crippen LogP contribution is -2.31. The monoisotopic (exact) mass is 316 g/mol. The molecular weight excluding hydrogens is 307 g/mol. The summed E-state index contributed by atoms with van der Waals surface area (Å²) in [4.78, 5) is 25.9. The fourth-order valence-corrected chi connectivity index (χ4v) is 2.23. The number of urea groups is 1. The molecule has 0 bridgehead atoms. The number of hydrogen-bond donors (Lipinski definition) is 0. The minimum Gasteiger partial charge on any atom is -0.318 e. The smallest absolute Gasteiger partial charge is 0.318 e. The molecule has 1 aromatic rings. The molecule has 0 N–H and O–H groups in total. The lowest BCUT2D eigenvalue weighted by molar-refractivity contribution is -0.125. The Morgan fingerprint density at radius 1 is 1.41 bits per heavy atom. The van der Waals surface area contributed by atoms with Gasteiger partial charge in [-0.2, -0.15) is 0 Å². The molecule has 1 saturated heterocycles. The number of amides is 3. The zero-order chi connectivity index (χ0) is 12.6. The van der Waals surface area contributed by atoms with Gasteiger partial charge in [0, 0.05) is 16.5 Å². The van der Waals surface area contributed by atoms with E-state index in [1.165, 1.54) is 9.80 Å². The van der Waals surface area contributed by atoms with Gasteiger partial charge in [-0.15, -0.1) is 0 Å². The highest BCUT2D eigenvalue weighted by molar-refractivity contribution is 9.10. The molecule has 3 amide bonds. The van der Waals surface area contributed by atoms with E-state index >= 15 is 0 Å². The Kier molecular flexibility index (Phi) is 3.40. The topological polar surface area (TPSA) is 40.6 Å². The van der Waals surface area contributed by atoms with E-state index < -0.39 is 0 Å². The average Bonchev–Trinajstić information content (AvgIpc) is 2.50. The Balaban J connectivity index is 2.24. The van der Waals surface area contributed by atoms with Crippen molar-refractivity contribution in [1.82, 2.24) is 9.80 Å². The molecule has 2 rings (SSSR count). The van der Waals surface area contributed by atoms with Crippen LogP contribution in [0.1, 0.15) is 5.56 Å². The van der Waals surface area contributed by atoms with Crippen molar-refractivity contribution in [2.45, 2.75) is 6.54 Å². The molecule has 0 aromatic heterocycles. The molecule has 4 nitrogen and oxygen atoms in total. The highest BCUT2D eigenvalue weighted by atomic mass is 79.9. The molecule has 17 heavy (non-hydrogen) atoms. The van der Waals surface area contributed by atoms with E-state index in [0.717, 1.165) is 10.0 Å². The maximum absolute atomic E-state index is 11.7. The van der Waals surface area contributed by atoms with Gasteiger partial charge in [0.25, 0.3) is 5.91 Å². The lowest BCUT2D eigenvalue weighted by atomic mass is 10.2. The Bertz CT molecular complexity index is 492. The minimum atomic E-state index is -0.276. The average molecular weight is 318 g/mol. The minimum absolute atomic E-state index is 0.136. The zero-order valence-corrected chi connectivity index (χ0v) is 11.5. The van der Waals surface area contributed by atoms with Gasteiger partial charge < -0.3 is 4.90 Å². The van der Waals surface area contributed by atoms with Crippen LogP contribution in [-0.4, -0.2) is 35.3 Å². The summed E-state index contributed by atoms with van der Waals surface area (Å²) in [5, 5.41) is 0.579. The number of carbonyl (C=O) groups excluding carboxylic acids is 2. The second-order valence-electron chi connectivity index (χ2n) is 3.85. The van der Waals surface area contributed by atoms with Gasteiger partial charge in [0.2, 0.25) is 0 Å². The van der Waals surface area contributed by atoms with E-state index in [2.05, 4.69) is 15.9 Å². The van der Waals surface area contributed by atoms with Crippen LogP contribution < -0.4 is 0 Å². The highest BCUT2D eigenvalue weighted by Crippen LogP contribution is 2.24. The number of halogens is 2. The third kappa shape index (κ3) is 2.45. The molecule has 6 heteroatoms. The van der Waals surface area contributed by atoms with Gasteiger partial charge in [-0.3, -0.25) is 9.69 Å². The van der Waals surface area contributed by atoms with Gasteiger partial charge >= 0.3 is 6.03 Å². The molecule has 0 spiro atoms. The van der Waals surface area contributed by atoms with Crippen LogP contribution in [0.15, 0.2) is 22.7 Å². The van der Waals surface area contributed by atoms with Crippen LogP contribution in [0.4, 0.5) is 4.79 Å². The third-order valence-corrected chi connectivity index (χ3v) is 3.58. The molecule has 1 heterocycles. The van der Waals surface area contributed by atoms with Gasteiger partial charge in [-0.1, -0.05) is 27.5 Å². The van der Waals surface area contributed by atoms with Crippen LogP contribution >= 0.6 is 27.5 Å². The normalized spacial score (nSPS) is 15.9. The maximum Gasteiger partial charge on any atom is 0.327 e. The van der Waals surface area contributed by atoms with Crippen LogP contribution in [0, 0.1) is 0 Å². The fourth-order valence-electron chi connectivity index (χ4n) is 1.66. The first-order chi connectivity index (χ1) is 7.99. The molecule has 1 aliphatic heterocycles. The Morgan fingerprint density at radius 3 is 2.71 bits per heavy atom. The van der Waals surface area contributed by atoms with Crippen molar-refractivity contribution in [3.8, 4) is 0 Å². The van der Waals surface area contributed by atoms with E-state index in [-0.39, 0.29) is 25.0 Å². The Hall–Kier alpha value is -1.07. The van der Waals surface area contributed by atoms with Gasteiger partial charge in [-0.25, -0.2) is 4.79 Å². The summed E-state index contributed by atoms with van der Waals surface area (Å²) in [5.41, 5.74) is 0.814. The number of rotatable bonds is 2. The predicted octanol–water partition coefficient (Wildman–Crippen LogP) is 2.50. The van der Waals surface area contributed by atoms with Crippen LogP contribution in [0.5, 0.6) is 0 Å². The third-order valence-electron chi connectivity index (χ3n) is 2.57. The maximum atomic E-state index is 11.7. The van der Waals surface area contributed by atoms with Gasteiger partial charge in [0.05, 0.1) is 6.54 Å². The van der Waals surface area contributed by atoms with Crippen molar-refractivity contribution in [2.75, 3.05) is 13.6 Å². The summed E-state index contributed by atoms with van der Waals surface area (Å²) in [6, 6.07) is 5.01. The van der Waals surface area contributed by atoms with Crippen LogP contribution in [0.25, 0.3) is 0 Å². The van der Waals surface area contributed by atoms with Crippen molar-refractivity contribution in [3.05, 3.63) is 33.3 Å². The zero-order valence-electron chi connectivity index (χ0n) is 9.11. The molecule has 0 atom stereocenters. The molecule has 0 unspecified atom stereocenters. The summed E-state index contributed by atoms with van der Waals surface area (Å²) < 4.78 is 0.831. The first-order valence-corrected chi connectivity index (χ1v) is 6.15. The molecule has 0 aliphatic carbocycles. The first-order valence-electron chi connectivity index (χ1n) is 4.98. The largest absolute Gasteiger partial charge is 0.327 e. The summed E-state index contributed by atoms with van der Waals surface area (Å²) in [6.45, 7) is 0.375. The molecule has 0 radical (unpaired) electrons. The van der Waals surface area contributed by atoms with Crippen molar-refractivity contribution < 1.29 is 9.59 Å². The number of carbonyl (C=O) groups is 2. The summed E-state index contributed by atoms with van der Waals surface area (Å²) in [7, 11) is 1.60. The number of likely N-dealkylation sites (N-methyl/N-ethyl adjacent to an activating group) is 1. The quantitative estimate of drug-likeness (QED) is 0.786. The number of imide groups is 1. The molecule has 0 saturated carbocycles. The van der Waals surface area contributed by atoms with Crippen molar-refractivity contribution in [2.24, 2.45) is 0 Å². The van der Waals surface area contributed by atoms with Gasteiger partial charge in [-0.05, 0) is 23.8 Å². The van der Waals surface area contributed by atoms with E-state index in [9.17, 15) is 9.59 Å². The van der Waals surface area contributed by atoms with E-state index in [1.54, 1.807) is 25.2 Å². The number of benzene rings is 1. The van der Waals surface area contributed by atoms with Gasteiger partial charge in [0.15, 0.2) is 0 Å². The van der Waals surface area contributed by atoms with Crippen molar-refractivity contribution >= 4 is 39.5 Å². The van der Waals surface area contributed by atoms with E-state index in [0.29, 0.717) is 5.02 Å².